The molecule has 0 bridgehead atoms. The standard InChI is InChI=1S/C8H2F13NO5/c9-3(10,1-2(23)26-27-22(24)25)4(11,12)5(13,14)6(15,16)7(17,18)8(19,20)21/h1H2. The Bertz CT molecular complexity index is 586. The van der Waals surface area contributed by atoms with Gasteiger partial charge >= 0.3 is 46.8 Å². The Morgan fingerprint density at radius 3 is 1.44 bits per heavy atom. The van der Waals surface area contributed by atoms with E-state index in [4.69, 9.17) is 0 Å². The highest BCUT2D eigenvalue weighted by molar-refractivity contribution is 5.70. The molecule has 0 aromatic rings. The Labute approximate surface area is 136 Å². The fourth-order valence-electron chi connectivity index (χ4n) is 1.20. The smallest absolute Gasteiger partial charge is 0.260 e. The summed E-state index contributed by atoms with van der Waals surface area (Å²) in [6.07, 6.45) is -11.0. The third kappa shape index (κ3) is 4.04. The molecule has 0 amide bonds. The fraction of sp³-hybridized carbons (Fsp3) is 0.875. The third-order valence-electron chi connectivity index (χ3n) is 2.56. The van der Waals surface area contributed by atoms with Crippen molar-refractivity contribution in [2.24, 2.45) is 0 Å². The number of nitrogens with zero attached hydrogens (tertiary/aromatic N) is 1. The Hall–Kier alpha value is -2.24. The fourth-order valence-corrected chi connectivity index (χ4v) is 1.20. The molecule has 160 valence electrons. The van der Waals surface area contributed by atoms with E-state index in [1.165, 1.54) is 0 Å². The summed E-state index contributed by atoms with van der Waals surface area (Å²) >= 11 is 0. The van der Waals surface area contributed by atoms with Crippen LogP contribution in [0.15, 0.2) is 0 Å². The molecule has 19 heteroatoms. The maximum Gasteiger partial charge on any atom is 0.460 e. The van der Waals surface area contributed by atoms with E-state index in [1.54, 1.807) is 0 Å². The molecule has 0 aliphatic carbocycles. The van der Waals surface area contributed by atoms with Gasteiger partial charge < -0.3 is 0 Å². The third-order valence-corrected chi connectivity index (χ3v) is 2.56. The first-order valence-electron chi connectivity index (χ1n) is 5.54. The van der Waals surface area contributed by atoms with Crippen LogP contribution in [0.3, 0.4) is 0 Å². The normalized spacial score (nSPS) is 14.7. The van der Waals surface area contributed by atoms with Gasteiger partial charge in [-0.1, -0.05) is 4.99 Å². The van der Waals surface area contributed by atoms with Gasteiger partial charge in [0.1, 0.15) is 6.42 Å². The second kappa shape index (κ2) is 6.73. The summed E-state index contributed by atoms with van der Waals surface area (Å²) < 4.78 is 164. The lowest BCUT2D eigenvalue weighted by molar-refractivity contribution is -0.839. The molecular weight excluding hydrogens is 437 g/mol. The van der Waals surface area contributed by atoms with Crippen LogP contribution in [0.1, 0.15) is 6.42 Å². The van der Waals surface area contributed by atoms with Gasteiger partial charge in [-0.15, -0.1) is 10.1 Å². The van der Waals surface area contributed by atoms with Gasteiger partial charge in [-0.2, -0.15) is 57.1 Å². The average molecular weight is 439 g/mol. The zero-order valence-electron chi connectivity index (χ0n) is 11.6. The molecule has 0 rings (SSSR count). The van der Waals surface area contributed by atoms with Crippen molar-refractivity contribution in [1.29, 1.82) is 0 Å². The Morgan fingerprint density at radius 2 is 1.11 bits per heavy atom. The van der Waals surface area contributed by atoms with Crippen molar-refractivity contribution in [2.45, 2.75) is 42.2 Å². The van der Waals surface area contributed by atoms with Crippen LogP contribution in [0.25, 0.3) is 0 Å². The molecule has 0 radical (unpaired) electrons. The molecule has 6 nitrogen and oxygen atoms in total. The lowest BCUT2D eigenvalue weighted by Crippen LogP contribution is -2.70. The molecule has 27 heavy (non-hydrogen) atoms. The van der Waals surface area contributed by atoms with Crippen LogP contribution in [0.4, 0.5) is 57.1 Å². The minimum atomic E-state index is -8.12. The maximum absolute atomic E-state index is 13.1. The van der Waals surface area contributed by atoms with E-state index >= 15 is 0 Å². The zero-order valence-corrected chi connectivity index (χ0v) is 11.6. The largest absolute Gasteiger partial charge is 0.460 e. The van der Waals surface area contributed by atoms with Crippen molar-refractivity contribution >= 4 is 5.97 Å². The SMILES string of the molecule is O=C(CC(F)(F)C(F)(F)C(F)(F)C(F)(F)C(F)(F)C(F)(F)F)OO[N+](=O)[O-]. The van der Waals surface area contributed by atoms with Crippen LogP contribution in [-0.4, -0.2) is 46.8 Å². The topological polar surface area (TPSA) is 78.7 Å². The molecule has 0 aromatic carbocycles. The van der Waals surface area contributed by atoms with Crippen molar-refractivity contribution < 1.29 is 76.8 Å². The summed E-state index contributed by atoms with van der Waals surface area (Å²) in [5, 5.41) is 7.47. The van der Waals surface area contributed by atoms with Gasteiger partial charge in [-0.3, -0.25) is 4.89 Å². The lowest BCUT2D eigenvalue weighted by Gasteiger charge is -2.39. The van der Waals surface area contributed by atoms with E-state index in [0.717, 1.165) is 0 Å². The summed E-state index contributed by atoms with van der Waals surface area (Å²) in [6.45, 7) is 0. The van der Waals surface area contributed by atoms with Gasteiger partial charge in [0.05, 0.1) is 0 Å². The highest BCUT2D eigenvalue weighted by Crippen LogP contribution is 2.60. The van der Waals surface area contributed by atoms with Crippen molar-refractivity contribution in [3.8, 4) is 0 Å². The van der Waals surface area contributed by atoms with Gasteiger partial charge in [-0.05, 0) is 0 Å². The van der Waals surface area contributed by atoms with Gasteiger partial charge in [0.25, 0.3) is 0 Å². The molecule has 0 heterocycles. The predicted molar refractivity (Wildman–Crippen MR) is 49.6 cm³/mol. The zero-order chi connectivity index (χ0) is 22.3. The maximum atomic E-state index is 13.1. The van der Waals surface area contributed by atoms with E-state index in [2.05, 4.69) is 9.88 Å². The molecule has 0 aliphatic rings. The lowest BCUT2D eigenvalue weighted by atomic mass is 9.92. The van der Waals surface area contributed by atoms with E-state index in [9.17, 15) is 72.0 Å². The molecule has 0 saturated heterocycles. The van der Waals surface area contributed by atoms with Gasteiger partial charge in [0, 0.05) is 0 Å². The van der Waals surface area contributed by atoms with Gasteiger partial charge in [0.2, 0.25) is 0 Å². The second-order valence-electron chi connectivity index (χ2n) is 4.43. The van der Waals surface area contributed by atoms with E-state index in [0.29, 0.717) is 0 Å². The molecule has 0 atom stereocenters. The first-order chi connectivity index (χ1) is 11.6. The van der Waals surface area contributed by atoms with Crippen molar-refractivity contribution in [2.75, 3.05) is 0 Å². The van der Waals surface area contributed by atoms with E-state index < -0.39 is 53.3 Å². The van der Waals surface area contributed by atoms with Crippen LogP contribution in [0.5, 0.6) is 0 Å². The second-order valence-corrected chi connectivity index (χ2v) is 4.43. The van der Waals surface area contributed by atoms with Crippen LogP contribution in [0.2, 0.25) is 0 Å². The monoisotopic (exact) mass is 439 g/mol. The summed E-state index contributed by atoms with van der Waals surface area (Å²) in [7, 11) is 0. The minimum Gasteiger partial charge on any atom is -0.260 e. The van der Waals surface area contributed by atoms with Crippen molar-refractivity contribution in [3.63, 3.8) is 0 Å². The Morgan fingerprint density at radius 1 is 0.741 bits per heavy atom. The molecule has 0 spiro atoms. The first kappa shape index (κ1) is 24.8. The first-order valence-corrected chi connectivity index (χ1v) is 5.54. The van der Waals surface area contributed by atoms with E-state index in [-0.39, 0.29) is 0 Å². The van der Waals surface area contributed by atoms with Crippen molar-refractivity contribution in [3.05, 3.63) is 10.1 Å². The Balaban J connectivity index is 5.94. The summed E-state index contributed by atoms with van der Waals surface area (Å²) in [5.41, 5.74) is 0. The molecule has 0 aliphatic heterocycles. The summed E-state index contributed by atoms with van der Waals surface area (Å²) in [4.78, 5) is 25.4. The van der Waals surface area contributed by atoms with Crippen LogP contribution in [0, 0.1) is 10.1 Å². The van der Waals surface area contributed by atoms with Crippen LogP contribution >= 0.6 is 0 Å². The number of hydrogen-bond acceptors (Lipinski definition) is 5. The molecular formula is C8H2F13NO5. The van der Waals surface area contributed by atoms with Crippen LogP contribution < -0.4 is 0 Å². The molecule has 0 aromatic heterocycles. The van der Waals surface area contributed by atoms with Crippen molar-refractivity contribution in [1.82, 2.24) is 0 Å². The molecule has 0 fully saturated rings. The van der Waals surface area contributed by atoms with E-state index in [1.807, 2.05) is 0 Å². The highest BCUT2D eigenvalue weighted by atomic mass is 19.4. The molecule has 0 unspecified atom stereocenters. The number of carbonyl (C=O) groups is 1. The number of rotatable bonds is 8. The average Bonchev–Trinajstić information content (AvgIpc) is 2.42. The summed E-state index contributed by atoms with van der Waals surface area (Å²) in [5.74, 6) is -41.5. The number of carbonyl (C=O) groups excluding carboxylic acids is 1. The molecule has 0 N–H and O–H groups in total. The number of alkyl halides is 13. The van der Waals surface area contributed by atoms with Gasteiger partial charge in [-0.25, -0.2) is 4.79 Å². The summed E-state index contributed by atoms with van der Waals surface area (Å²) in [6, 6.07) is 0. The number of hydrogen-bond donors (Lipinski definition) is 0. The highest BCUT2D eigenvalue weighted by Gasteiger charge is 2.90. The minimum absolute atomic E-state index is 2.05. The quantitative estimate of drug-likeness (QED) is 0.249. The number of halogens is 13. The predicted octanol–water partition coefficient (Wildman–Crippen LogP) is 3.78. The van der Waals surface area contributed by atoms with Gasteiger partial charge in [0.15, 0.2) is 0 Å². The molecule has 0 saturated carbocycles. The Kier molecular flexibility index (Phi) is 6.17. The van der Waals surface area contributed by atoms with Crippen LogP contribution in [-0.2, 0) is 14.7 Å².